The van der Waals surface area contributed by atoms with Crippen LogP contribution in [0.15, 0.2) is 0 Å². The number of carbonyl (C=O) groups excluding carboxylic acids is 4. The molecule has 0 aromatic carbocycles. The second kappa shape index (κ2) is 64.4. The molecule has 0 bridgehead atoms. The molecule has 0 heterocycles. The SMILES string of the molecule is CCC(C)CCCCCCCCCCC(=O)O[C@H](COC(=O)CCCCCCCCCCCCCCCCCCCCC(C)C)COP(=O)(O)OCC(O)COP(=O)(O)OC[C@@H](COC(=O)CCCCCCCCCC(C)C)OC(=O)CCCCCCCCCCC(C)C. The van der Waals surface area contributed by atoms with Crippen LogP contribution in [0, 0.1) is 23.7 Å². The summed E-state index contributed by atoms with van der Waals surface area (Å²) in [6.07, 6.45) is 48.8. The van der Waals surface area contributed by atoms with E-state index in [-0.39, 0.29) is 25.7 Å². The Morgan fingerprint density at radius 1 is 0.298 bits per heavy atom. The summed E-state index contributed by atoms with van der Waals surface area (Å²) in [7, 11) is -9.91. The summed E-state index contributed by atoms with van der Waals surface area (Å²) >= 11 is 0. The van der Waals surface area contributed by atoms with Crippen LogP contribution in [-0.2, 0) is 65.4 Å². The van der Waals surface area contributed by atoms with Crippen LogP contribution >= 0.6 is 15.6 Å². The van der Waals surface area contributed by atoms with Crippen LogP contribution in [0.3, 0.4) is 0 Å². The summed E-state index contributed by atoms with van der Waals surface area (Å²) in [5.74, 6) is 0.889. The third kappa shape index (κ3) is 67.3. The van der Waals surface area contributed by atoms with Gasteiger partial charge in [0, 0.05) is 25.7 Å². The molecule has 0 saturated carbocycles. The highest BCUT2D eigenvalue weighted by Gasteiger charge is 2.30. The Hall–Kier alpha value is -1.94. The maximum Gasteiger partial charge on any atom is 0.472 e. The highest BCUT2D eigenvalue weighted by Crippen LogP contribution is 2.45. The largest absolute Gasteiger partial charge is 0.472 e. The summed E-state index contributed by atoms with van der Waals surface area (Å²) in [4.78, 5) is 72.7. The van der Waals surface area contributed by atoms with Gasteiger partial charge in [0.25, 0.3) is 0 Å². The fourth-order valence-electron chi connectivity index (χ4n) is 11.3. The first kappa shape index (κ1) is 92.1. The Balaban J connectivity index is 5.17. The minimum atomic E-state index is -4.96. The van der Waals surface area contributed by atoms with E-state index in [9.17, 15) is 43.2 Å². The number of rotatable bonds is 72. The van der Waals surface area contributed by atoms with E-state index in [2.05, 4.69) is 55.4 Å². The monoisotopic (exact) mass is 1380 g/mol. The lowest BCUT2D eigenvalue weighted by atomic mass is 9.99. The van der Waals surface area contributed by atoms with Crippen molar-refractivity contribution in [2.24, 2.45) is 23.7 Å². The van der Waals surface area contributed by atoms with Crippen LogP contribution in [0.5, 0.6) is 0 Å². The Morgan fingerprint density at radius 2 is 0.511 bits per heavy atom. The molecule has 0 aliphatic heterocycles. The zero-order chi connectivity index (χ0) is 69.6. The van der Waals surface area contributed by atoms with Gasteiger partial charge in [0.2, 0.25) is 0 Å². The van der Waals surface area contributed by atoms with Crippen LogP contribution in [0.2, 0.25) is 0 Å². The molecular formula is C75H146O17P2. The third-order valence-electron chi connectivity index (χ3n) is 17.7. The van der Waals surface area contributed by atoms with Gasteiger partial charge in [-0.1, -0.05) is 325 Å². The van der Waals surface area contributed by atoms with Crippen molar-refractivity contribution < 1.29 is 80.2 Å². The number of hydrogen-bond donors (Lipinski definition) is 3. The van der Waals surface area contributed by atoms with Crippen LogP contribution < -0.4 is 0 Å². The van der Waals surface area contributed by atoms with Gasteiger partial charge >= 0.3 is 39.5 Å². The van der Waals surface area contributed by atoms with Gasteiger partial charge in [-0.25, -0.2) is 9.13 Å². The molecule has 0 saturated heterocycles. The number of unbranched alkanes of at least 4 members (excludes halogenated alkanes) is 37. The fourth-order valence-corrected chi connectivity index (χ4v) is 12.9. The molecule has 0 aliphatic rings. The van der Waals surface area contributed by atoms with Crippen molar-refractivity contribution in [3.63, 3.8) is 0 Å². The first-order valence-electron chi connectivity index (χ1n) is 38.7. The molecule has 3 N–H and O–H groups in total. The zero-order valence-corrected chi connectivity index (χ0v) is 63.4. The van der Waals surface area contributed by atoms with Gasteiger partial charge in [0.1, 0.15) is 19.3 Å². The minimum Gasteiger partial charge on any atom is -0.462 e. The highest BCUT2D eigenvalue weighted by atomic mass is 31.2. The van der Waals surface area contributed by atoms with Gasteiger partial charge in [-0.2, -0.15) is 0 Å². The van der Waals surface area contributed by atoms with Gasteiger partial charge in [0.05, 0.1) is 26.4 Å². The lowest BCUT2D eigenvalue weighted by Crippen LogP contribution is -2.30. The third-order valence-corrected chi connectivity index (χ3v) is 19.6. The van der Waals surface area contributed by atoms with E-state index >= 15 is 0 Å². The summed E-state index contributed by atoms with van der Waals surface area (Å²) in [6.45, 7) is 14.1. The summed E-state index contributed by atoms with van der Waals surface area (Å²) < 4.78 is 68.4. The van der Waals surface area contributed by atoms with Crippen LogP contribution in [-0.4, -0.2) is 96.7 Å². The fraction of sp³-hybridized carbons (Fsp3) is 0.947. The Morgan fingerprint density at radius 3 is 0.755 bits per heavy atom. The number of hydrogen-bond acceptors (Lipinski definition) is 15. The molecule has 0 aromatic rings. The minimum absolute atomic E-state index is 0.103. The first-order valence-corrected chi connectivity index (χ1v) is 41.7. The van der Waals surface area contributed by atoms with Crippen LogP contribution in [0.25, 0.3) is 0 Å². The first-order chi connectivity index (χ1) is 45.1. The van der Waals surface area contributed by atoms with Crippen molar-refractivity contribution in [3.05, 3.63) is 0 Å². The molecule has 0 amide bonds. The van der Waals surface area contributed by atoms with Gasteiger partial charge in [0.15, 0.2) is 12.2 Å². The number of ether oxygens (including phenoxy) is 4. The van der Waals surface area contributed by atoms with Crippen molar-refractivity contribution in [3.8, 4) is 0 Å². The Bertz CT molecular complexity index is 1850. The average Bonchev–Trinajstić information content (AvgIpc) is 1.20. The molecule has 0 fully saturated rings. The van der Waals surface area contributed by atoms with Gasteiger partial charge < -0.3 is 33.8 Å². The summed E-state index contributed by atoms with van der Waals surface area (Å²) in [5.41, 5.74) is 0. The molecule has 0 rings (SSSR count). The number of aliphatic hydroxyl groups is 1. The molecule has 6 atom stereocenters. The number of phosphoric acid groups is 2. The van der Waals surface area contributed by atoms with Crippen molar-refractivity contribution in [2.45, 2.75) is 395 Å². The molecular weight excluding hydrogens is 1230 g/mol. The standard InChI is InChI=1S/C75H146O17P2/c1-9-68(8)54-46-38-30-23-25-33-42-50-58-75(80)92-70(61-85-72(77)55-47-39-31-21-19-17-15-13-11-10-12-14-16-18-20-27-35-43-51-65(2)3)63-89-93(81,82)87-59-69(76)60-88-94(83,84)90-64-71(62-86-73(78)56-48-40-34-26-29-37-45-53-67(6)7)91-74(79)57-49-41-32-24-22-28-36-44-52-66(4)5/h65-71,76H,9-64H2,1-8H3,(H,81,82)(H,83,84)/t68?,69?,70-,71-/m1/s1. The van der Waals surface area contributed by atoms with Gasteiger partial charge in [-0.3, -0.25) is 37.3 Å². The van der Waals surface area contributed by atoms with Crippen molar-refractivity contribution in [2.75, 3.05) is 39.6 Å². The maximum atomic E-state index is 13.1. The number of phosphoric ester groups is 2. The van der Waals surface area contributed by atoms with E-state index in [1.165, 1.54) is 173 Å². The molecule has 0 aliphatic carbocycles. The average molecular weight is 1380 g/mol. The van der Waals surface area contributed by atoms with Crippen molar-refractivity contribution in [1.82, 2.24) is 0 Å². The molecule has 558 valence electrons. The number of esters is 4. The predicted octanol–water partition coefficient (Wildman–Crippen LogP) is 21.7. The van der Waals surface area contributed by atoms with E-state index in [1.807, 2.05) is 0 Å². The number of carbonyl (C=O) groups is 4. The van der Waals surface area contributed by atoms with E-state index in [4.69, 9.17) is 37.0 Å². The van der Waals surface area contributed by atoms with Gasteiger partial charge in [-0.15, -0.1) is 0 Å². The molecule has 19 heteroatoms. The lowest BCUT2D eigenvalue weighted by molar-refractivity contribution is -0.161. The second-order valence-electron chi connectivity index (χ2n) is 28.7. The summed E-state index contributed by atoms with van der Waals surface area (Å²) in [6, 6.07) is 0. The molecule has 0 radical (unpaired) electrons. The molecule has 0 aromatic heterocycles. The normalized spacial score (nSPS) is 14.4. The molecule has 0 spiro atoms. The number of aliphatic hydroxyl groups excluding tert-OH is 1. The second-order valence-corrected chi connectivity index (χ2v) is 31.6. The van der Waals surface area contributed by atoms with Crippen LogP contribution in [0.1, 0.15) is 376 Å². The topological polar surface area (TPSA) is 237 Å². The predicted molar refractivity (Wildman–Crippen MR) is 381 cm³/mol. The Kier molecular flexibility index (Phi) is 63.1. The zero-order valence-electron chi connectivity index (χ0n) is 61.6. The molecule has 4 unspecified atom stereocenters. The summed E-state index contributed by atoms with van der Waals surface area (Å²) in [5, 5.41) is 10.6. The van der Waals surface area contributed by atoms with E-state index < -0.39 is 97.5 Å². The smallest absolute Gasteiger partial charge is 0.462 e. The van der Waals surface area contributed by atoms with Crippen LogP contribution in [0.4, 0.5) is 0 Å². The molecule has 94 heavy (non-hydrogen) atoms. The lowest BCUT2D eigenvalue weighted by Gasteiger charge is -2.21. The van der Waals surface area contributed by atoms with Gasteiger partial charge in [-0.05, 0) is 49.4 Å². The van der Waals surface area contributed by atoms with E-state index in [0.29, 0.717) is 31.6 Å². The molecule has 17 nitrogen and oxygen atoms in total. The van der Waals surface area contributed by atoms with Crippen molar-refractivity contribution in [1.29, 1.82) is 0 Å². The van der Waals surface area contributed by atoms with Crippen molar-refractivity contribution >= 4 is 39.5 Å². The van der Waals surface area contributed by atoms with E-state index in [0.717, 1.165) is 114 Å². The Labute approximate surface area is 575 Å². The van der Waals surface area contributed by atoms with E-state index in [1.54, 1.807) is 0 Å². The maximum absolute atomic E-state index is 13.1. The highest BCUT2D eigenvalue weighted by molar-refractivity contribution is 7.47. The quantitative estimate of drug-likeness (QED) is 0.0222.